The van der Waals surface area contributed by atoms with Crippen LogP contribution in [0.25, 0.3) is 28.8 Å². The second-order valence-electron chi connectivity index (χ2n) is 6.71. The van der Waals surface area contributed by atoms with E-state index in [-0.39, 0.29) is 5.91 Å². The lowest BCUT2D eigenvalue weighted by Crippen LogP contribution is -2.09. The molecular formula is C23H17Cl2N3O3. The molecule has 0 saturated heterocycles. The quantitative estimate of drug-likeness (QED) is 0.365. The summed E-state index contributed by atoms with van der Waals surface area (Å²) in [7, 11) is 1.50. The standard InChI is InChI=1S/C23H17Cl2N3O3/c1-13-10-15(23-28-22-19(31-23)4-3-9-26-22)5-7-18(13)27-20(29)8-6-14-11-16(24)12-17(25)21(14)30-2/h3-12H,1-2H3,(H,27,29). The van der Waals surface area contributed by atoms with Crippen molar-refractivity contribution >= 4 is 52.1 Å². The molecule has 8 heteroatoms. The van der Waals surface area contributed by atoms with Crippen molar-refractivity contribution < 1.29 is 13.9 Å². The van der Waals surface area contributed by atoms with Crippen LogP contribution in [-0.4, -0.2) is 23.0 Å². The summed E-state index contributed by atoms with van der Waals surface area (Å²) < 4.78 is 11.0. The minimum atomic E-state index is -0.305. The van der Waals surface area contributed by atoms with E-state index in [9.17, 15) is 4.79 Å². The van der Waals surface area contributed by atoms with E-state index in [2.05, 4.69) is 15.3 Å². The normalized spacial score (nSPS) is 11.2. The molecule has 0 radical (unpaired) electrons. The Balaban J connectivity index is 1.52. The lowest BCUT2D eigenvalue weighted by Gasteiger charge is -2.09. The molecule has 31 heavy (non-hydrogen) atoms. The lowest BCUT2D eigenvalue weighted by molar-refractivity contribution is -0.111. The third-order valence-corrected chi connectivity index (χ3v) is 5.05. The summed E-state index contributed by atoms with van der Waals surface area (Å²) in [6.07, 6.45) is 4.66. The molecule has 4 rings (SSSR count). The number of carbonyl (C=O) groups is 1. The van der Waals surface area contributed by atoms with E-state index in [0.717, 1.165) is 11.1 Å². The summed E-state index contributed by atoms with van der Waals surface area (Å²) in [6.45, 7) is 1.89. The van der Waals surface area contributed by atoms with Crippen LogP contribution in [0, 0.1) is 6.92 Å². The average molecular weight is 454 g/mol. The summed E-state index contributed by atoms with van der Waals surface area (Å²) in [5.41, 5.74) is 4.10. The summed E-state index contributed by atoms with van der Waals surface area (Å²) in [5, 5.41) is 3.68. The molecule has 0 atom stereocenters. The Kier molecular flexibility index (Phi) is 5.93. The fraction of sp³-hybridized carbons (Fsp3) is 0.0870. The Morgan fingerprint density at radius 3 is 2.77 bits per heavy atom. The van der Waals surface area contributed by atoms with Gasteiger partial charge < -0.3 is 14.5 Å². The largest absolute Gasteiger partial charge is 0.495 e. The third-order valence-electron chi connectivity index (χ3n) is 4.55. The van der Waals surface area contributed by atoms with Gasteiger partial charge in [-0.05, 0) is 61.0 Å². The van der Waals surface area contributed by atoms with Gasteiger partial charge in [0.25, 0.3) is 0 Å². The number of aromatic nitrogens is 2. The predicted octanol–water partition coefficient (Wildman–Crippen LogP) is 6.17. The van der Waals surface area contributed by atoms with Crippen molar-refractivity contribution in [3.05, 3.63) is 75.9 Å². The second kappa shape index (κ2) is 8.79. The molecule has 1 amide bonds. The van der Waals surface area contributed by atoms with E-state index in [4.69, 9.17) is 32.4 Å². The van der Waals surface area contributed by atoms with Crippen molar-refractivity contribution in [2.45, 2.75) is 6.92 Å². The molecular weight excluding hydrogens is 437 g/mol. The van der Waals surface area contributed by atoms with E-state index in [0.29, 0.717) is 44.2 Å². The highest BCUT2D eigenvalue weighted by molar-refractivity contribution is 6.36. The van der Waals surface area contributed by atoms with Crippen LogP contribution in [0.5, 0.6) is 5.75 Å². The molecule has 4 aromatic rings. The first-order valence-electron chi connectivity index (χ1n) is 9.29. The van der Waals surface area contributed by atoms with Gasteiger partial charge in [0.2, 0.25) is 11.8 Å². The highest BCUT2D eigenvalue weighted by Crippen LogP contribution is 2.33. The van der Waals surface area contributed by atoms with Crippen molar-refractivity contribution in [2.24, 2.45) is 0 Å². The summed E-state index contributed by atoms with van der Waals surface area (Å²) in [4.78, 5) is 21.0. The maximum absolute atomic E-state index is 12.4. The Labute approximate surface area is 188 Å². The number of methoxy groups -OCH3 is 1. The van der Waals surface area contributed by atoms with E-state index in [1.807, 2.05) is 25.1 Å². The molecule has 0 saturated carbocycles. The van der Waals surface area contributed by atoms with Crippen LogP contribution in [0.4, 0.5) is 5.69 Å². The molecule has 156 valence electrons. The van der Waals surface area contributed by atoms with Gasteiger partial charge in [-0.25, -0.2) is 4.98 Å². The number of nitrogens with zero attached hydrogens (tertiary/aromatic N) is 2. The predicted molar refractivity (Wildman–Crippen MR) is 123 cm³/mol. The van der Waals surface area contributed by atoms with Crippen LogP contribution >= 0.6 is 23.2 Å². The zero-order valence-corrected chi connectivity index (χ0v) is 18.2. The Hall–Kier alpha value is -3.35. The number of oxazole rings is 1. The van der Waals surface area contributed by atoms with Gasteiger partial charge in [0.05, 0.1) is 12.1 Å². The third kappa shape index (κ3) is 4.55. The van der Waals surface area contributed by atoms with Crippen molar-refractivity contribution in [3.8, 4) is 17.2 Å². The number of carbonyl (C=O) groups excluding carboxylic acids is 1. The number of ether oxygens (including phenoxy) is 1. The second-order valence-corrected chi connectivity index (χ2v) is 7.55. The van der Waals surface area contributed by atoms with Crippen LogP contribution in [0.2, 0.25) is 10.0 Å². The van der Waals surface area contributed by atoms with Gasteiger partial charge in [-0.1, -0.05) is 23.2 Å². The molecule has 0 bridgehead atoms. The molecule has 6 nitrogen and oxygen atoms in total. The van der Waals surface area contributed by atoms with Gasteiger partial charge >= 0.3 is 0 Å². The van der Waals surface area contributed by atoms with Crippen LogP contribution in [-0.2, 0) is 4.79 Å². The number of anilines is 1. The van der Waals surface area contributed by atoms with Crippen LogP contribution in [0.3, 0.4) is 0 Å². The number of halogens is 2. The van der Waals surface area contributed by atoms with Crippen molar-refractivity contribution in [1.29, 1.82) is 0 Å². The van der Waals surface area contributed by atoms with Gasteiger partial charge in [0.1, 0.15) is 5.75 Å². The topological polar surface area (TPSA) is 77.2 Å². The van der Waals surface area contributed by atoms with E-state index >= 15 is 0 Å². The minimum Gasteiger partial charge on any atom is -0.495 e. The molecule has 2 heterocycles. The first kappa shape index (κ1) is 20.9. The van der Waals surface area contributed by atoms with Gasteiger partial charge in [0.15, 0.2) is 11.2 Å². The average Bonchev–Trinajstić information content (AvgIpc) is 3.17. The zero-order valence-electron chi connectivity index (χ0n) is 16.6. The first-order valence-corrected chi connectivity index (χ1v) is 10.0. The summed E-state index contributed by atoms with van der Waals surface area (Å²) >= 11 is 12.2. The SMILES string of the molecule is COc1c(Cl)cc(Cl)cc1C=CC(=O)Nc1ccc(-c2nc3ncccc3o2)cc1C. The Morgan fingerprint density at radius 1 is 1.19 bits per heavy atom. The van der Waals surface area contributed by atoms with E-state index in [1.54, 1.807) is 36.5 Å². The number of benzene rings is 2. The first-order chi connectivity index (χ1) is 14.9. The maximum atomic E-state index is 12.4. The molecule has 0 fully saturated rings. The molecule has 0 aliphatic heterocycles. The zero-order chi connectivity index (χ0) is 22.0. The van der Waals surface area contributed by atoms with Gasteiger partial charge in [-0.15, -0.1) is 0 Å². The number of fused-ring (bicyclic) bond motifs is 1. The molecule has 0 spiro atoms. The lowest BCUT2D eigenvalue weighted by atomic mass is 10.1. The number of hydrogen-bond donors (Lipinski definition) is 1. The van der Waals surface area contributed by atoms with Crippen LogP contribution in [0.15, 0.2) is 59.2 Å². The summed E-state index contributed by atoms with van der Waals surface area (Å²) in [6, 6.07) is 12.4. The number of pyridine rings is 1. The highest BCUT2D eigenvalue weighted by atomic mass is 35.5. The number of hydrogen-bond acceptors (Lipinski definition) is 5. The van der Waals surface area contributed by atoms with Crippen molar-refractivity contribution in [2.75, 3.05) is 12.4 Å². The van der Waals surface area contributed by atoms with Crippen LogP contribution in [0.1, 0.15) is 11.1 Å². The van der Waals surface area contributed by atoms with E-state index < -0.39 is 0 Å². The molecule has 0 unspecified atom stereocenters. The molecule has 0 aliphatic carbocycles. The van der Waals surface area contributed by atoms with Gasteiger partial charge in [0, 0.05) is 34.1 Å². The highest BCUT2D eigenvalue weighted by Gasteiger charge is 2.12. The number of rotatable bonds is 5. The number of aryl methyl sites for hydroxylation is 1. The fourth-order valence-corrected chi connectivity index (χ4v) is 3.68. The van der Waals surface area contributed by atoms with Crippen molar-refractivity contribution in [1.82, 2.24) is 9.97 Å². The minimum absolute atomic E-state index is 0.305. The van der Waals surface area contributed by atoms with Gasteiger partial charge in [-0.3, -0.25) is 4.79 Å². The number of amides is 1. The fourth-order valence-electron chi connectivity index (χ4n) is 3.09. The molecule has 2 aromatic heterocycles. The Bertz CT molecular complexity index is 1280. The molecule has 0 aliphatic rings. The number of nitrogens with one attached hydrogen (secondary N) is 1. The van der Waals surface area contributed by atoms with Gasteiger partial charge in [-0.2, -0.15) is 4.98 Å². The molecule has 1 N–H and O–H groups in total. The summed E-state index contributed by atoms with van der Waals surface area (Å²) in [5.74, 6) is 0.614. The van der Waals surface area contributed by atoms with E-state index in [1.165, 1.54) is 13.2 Å². The molecule has 2 aromatic carbocycles. The van der Waals surface area contributed by atoms with Crippen molar-refractivity contribution in [3.63, 3.8) is 0 Å². The van der Waals surface area contributed by atoms with Crippen LogP contribution < -0.4 is 10.1 Å². The monoisotopic (exact) mass is 453 g/mol. The maximum Gasteiger partial charge on any atom is 0.248 e. The Morgan fingerprint density at radius 2 is 2.03 bits per heavy atom. The smallest absolute Gasteiger partial charge is 0.248 e.